The van der Waals surface area contributed by atoms with Gasteiger partial charge < -0.3 is 9.84 Å². The fourth-order valence-corrected chi connectivity index (χ4v) is 9.31. The molecule has 0 aromatic carbocycles. The van der Waals surface area contributed by atoms with Crippen molar-refractivity contribution in [1.82, 2.24) is 0 Å². The molecule has 7 aliphatic rings. The third-order valence-corrected chi connectivity index (χ3v) is 9.82. The maximum absolute atomic E-state index is 11.9. The maximum atomic E-state index is 11.9. The highest BCUT2D eigenvalue weighted by Gasteiger charge is 2.83. The van der Waals surface area contributed by atoms with E-state index in [-0.39, 0.29) is 28.3 Å². The summed E-state index contributed by atoms with van der Waals surface area (Å²) in [6.07, 6.45) is 8.23. The van der Waals surface area contributed by atoms with Crippen LogP contribution in [0.2, 0.25) is 0 Å². The predicted octanol–water partition coefficient (Wildman–Crippen LogP) is 3.14. The second kappa shape index (κ2) is 4.45. The Morgan fingerprint density at radius 3 is 2.88 bits per heavy atom. The van der Waals surface area contributed by atoms with E-state index in [0.717, 1.165) is 24.8 Å². The summed E-state index contributed by atoms with van der Waals surface area (Å²) in [6.45, 7) is 8.21. The topological polar surface area (TPSA) is 58.9 Å². The molecular formula is C22H29NO3. The van der Waals surface area contributed by atoms with E-state index in [1.165, 1.54) is 26.2 Å². The molecule has 140 valence electrons. The van der Waals surface area contributed by atoms with Gasteiger partial charge in [0.25, 0.3) is 0 Å². The number of aliphatic hydroxyl groups excluding tert-OH is 1. The standard InChI is InChI=1S/C22H29NO3/c1-11-13-7-14-18-21-6-4-5-20(3,10-23-18)15(21)9-17(25)22(14,16(21)8-13)19(11)26-12(2)24/h10,13-19,25H,1,4-9H2,2-3H3/t13-,14?,15+,16-,17+,18?,19+,20-,21-,22+/m0/s1. The van der Waals surface area contributed by atoms with Crippen molar-refractivity contribution < 1.29 is 14.6 Å². The van der Waals surface area contributed by atoms with Crippen LogP contribution in [0.1, 0.15) is 52.4 Å². The maximum Gasteiger partial charge on any atom is 0.303 e. The summed E-state index contributed by atoms with van der Waals surface area (Å²) >= 11 is 0. The number of aliphatic hydroxyl groups is 1. The number of esters is 1. The SMILES string of the molecule is C=C1[C@H]2CC3C4N=C[C@]5(C)CCC[C@]46[C@H](C2)[C@]3([C@H](O)C[C@@H]65)[C@@H]1OC(C)=O. The molecule has 4 heteroatoms. The first-order valence-corrected chi connectivity index (χ1v) is 10.4. The van der Waals surface area contributed by atoms with Crippen molar-refractivity contribution in [3.8, 4) is 0 Å². The van der Waals surface area contributed by atoms with E-state index in [1.807, 2.05) is 0 Å². The van der Waals surface area contributed by atoms with E-state index in [4.69, 9.17) is 9.73 Å². The molecule has 7 rings (SSSR count). The van der Waals surface area contributed by atoms with Gasteiger partial charge in [0.1, 0.15) is 6.10 Å². The van der Waals surface area contributed by atoms with Gasteiger partial charge in [0, 0.05) is 29.4 Å². The summed E-state index contributed by atoms with van der Waals surface area (Å²) in [5.41, 5.74) is 1.04. The molecule has 1 aliphatic heterocycles. The summed E-state index contributed by atoms with van der Waals surface area (Å²) in [7, 11) is 0. The zero-order valence-electron chi connectivity index (χ0n) is 15.8. The molecule has 1 N–H and O–H groups in total. The zero-order chi connectivity index (χ0) is 18.1. The van der Waals surface area contributed by atoms with Crippen LogP contribution in [-0.2, 0) is 9.53 Å². The van der Waals surface area contributed by atoms with Gasteiger partial charge in [-0.05, 0) is 61.3 Å². The highest BCUT2D eigenvalue weighted by Crippen LogP contribution is 2.82. The van der Waals surface area contributed by atoms with Crippen LogP contribution in [-0.4, -0.2) is 35.5 Å². The van der Waals surface area contributed by atoms with Gasteiger partial charge in [-0.3, -0.25) is 9.79 Å². The van der Waals surface area contributed by atoms with Gasteiger partial charge in [0.05, 0.1) is 12.1 Å². The van der Waals surface area contributed by atoms with E-state index in [0.29, 0.717) is 29.7 Å². The minimum atomic E-state index is -0.415. The van der Waals surface area contributed by atoms with Crippen molar-refractivity contribution in [3.63, 3.8) is 0 Å². The first kappa shape index (κ1) is 15.9. The van der Waals surface area contributed by atoms with E-state index in [2.05, 4.69) is 19.7 Å². The fraction of sp³-hybridized carbons (Fsp3) is 0.818. The molecule has 0 amide bonds. The molecule has 6 fully saturated rings. The number of aliphatic imine (C=N–C) groups is 1. The molecule has 4 nitrogen and oxygen atoms in total. The van der Waals surface area contributed by atoms with Crippen LogP contribution in [0, 0.1) is 39.9 Å². The molecular weight excluding hydrogens is 326 g/mol. The smallest absolute Gasteiger partial charge is 0.303 e. The van der Waals surface area contributed by atoms with Crippen LogP contribution < -0.4 is 0 Å². The Labute approximate surface area is 155 Å². The number of carbonyl (C=O) groups excluding carboxylic acids is 1. The van der Waals surface area contributed by atoms with Crippen molar-refractivity contribution in [2.75, 3.05) is 0 Å². The van der Waals surface area contributed by atoms with Gasteiger partial charge in [-0.25, -0.2) is 0 Å². The summed E-state index contributed by atoms with van der Waals surface area (Å²) < 4.78 is 5.92. The molecule has 6 aliphatic carbocycles. The van der Waals surface area contributed by atoms with Crippen LogP contribution in [0.25, 0.3) is 0 Å². The van der Waals surface area contributed by atoms with Gasteiger partial charge in [0.2, 0.25) is 0 Å². The molecule has 6 saturated carbocycles. The van der Waals surface area contributed by atoms with Crippen LogP contribution in [0.3, 0.4) is 0 Å². The lowest BCUT2D eigenvalue weighted by Gasteiger charge is -2.66. The molecule has 0 radical (unpaired) electrons. The Kier molecular flexibility index (Phi) is 2.72. The normalized spacial score (nSPS) is 60.9. The quantitative estimate of drug-likeness (QED) is 0.581. The van der Waals surface area contributed by atoms with Crippen LogP contribution >= 0.6 is 0 Å². The van der Waals surface area contributed by atoms with Crippen molar-refractivity contribution in [2.24, 2.45) is 44.9 Å². The van der Waals surface area contributed by atoms with Crippen molar-refractivity contribution in [3.05, 3.63) is 12.2 Å². The van der Waals surface area contributed by atoms with Crippen LogP contribution in [0.5, 0.6) is 0 Å². The number of fused-ring (bicyclic) bond motifs is 1. The lowest BCUT2D eigenvalue weighted by atomic mass is 9.39. The van der Waals surface area contributed by atoms with E-state index in [1.54, 1.807) is 0 Å². The lowest BCUT2D eigenvalue weighted by Crippen LogP contribution is -2.67. The zero-order valence-corrected chi connectivity index (χ0v) is 15.8. The van der Waals surface area contributed by atoms with Crippen molar-refractivity contribution >= 4 is 12.2 Å². The molecule has 2 unspecified atom stereocenters. The number of carbonyl (C=O) groups is 1. The number of rotatable bonds is 1. The molecule has 6 bridgehead atoms. The predicted molar refractivity (Wildman–Crippen MR) is 97.6 cm³/mol. The highest BCUT2D eigenvalue weighted by atomic mass is 16.5. The van der Waals surface area contributed by atoms with Crippen molar-refractivity contribution in [2.45, 2.75) is 70.6 Å². The van der Waals surface area contributed by atoms with Gasteiger partial charge >= 0.3 is 5.97 Å². The molecule has 26 heavy (non-hydrogen) atoms. The number of ether oxygens (including phenoxy) is 1. The summed E-state index contributed by atoms with van der Waals surface area (Å²) in [6, 6.07) is 0.305. The van der Waals surface area contributed by atoms with Crippen LogP contribution in [0.4, 0.5) is 0 Å². The summed E-state index contributed by atoms with van der Waals surface area (Å²) in [4.78, 5) is 17.2. The summed E-state index contributed by atoms with van der Waals surface area (Å²) in [5, 5.41) is 11.6. The lowest BCUT2D eigenvalue weighted by molar-refractivity contribution is -0.227. The number of hydrogen-bond donors (Lipinski definition) is 1. The Morgan fingerprint density at radius 2 is 2.12 bits per heavy atom. The molecule has 1 heterocycles. The Balaban J connectivity index is 1.60. The largest absolute Gasteiger partial charge is 0.457 e. The first-order valence-electron chi connectivity index (χ1n) is 10.4. The highest BCUT2D eigenvalue weighted by molar-refractivity contribution is 5.70. The Morgan fingerprint density at radius 1 is 1.31 bits per heavy atom. The Hall–Kier alpha value is -1.16. The van der Waals surface area contributed by atoms with Gasteiger partial charge in [-0.1, -0.05) is 19.9 Å². The average Bonchev–Trinajstić information content (AvgIpc) is 2.67. The second-order valence-corrected chi connectivity index (χ2v) is 10.4. The molecule has 2 spiro atoms. The fourth-order valence-electron chi connectivity index (χ4n) is 9.31. The van der Waals surface area contributed by atoms with E-state index >= 15 is 0 Å². The second-order valence-electron chi connectivity index (χ2n) is 10.4. The average molecular weight is 355 g/mol. The molecule has 10 atom stereocenters. The number of hydrogen-bond acceptors (Lipinski definition) is 4. The number of nitrogens with zero attached hydrogens (tertiary/aromatic N) is 1. The molecule has 0 saturated heterocycles. The minimum Gasteiger partial charge on any atom is -0.457 e. The van der Waals surface area contributed by atoms with Gasteiger partial charge in [-0.2, -0.15) is 0 Å². The first-order chi connectivity index (χ1) is 12.4. The van der Waals surface area contributed by atoms with Crippen molar-refractivity contribution in [1.29, 1.82) is 0 Å². The molecule has 0 aromatic heterocycles. The van der Waals surface area contributed by atoms with Gasteiger partial charge in [0.15, 0.2) is 0 Å². The van der Waals surface area contributed by atoms with Gasteiger partial charge in [-0.15, -0.1) is 0 Å². The van der Waals surface area contributed by atoms with E-state index in [9.17, 15) is 9.90 Å². The van der Waals surface area contributed by atoms with E-state index < -0.39 is 6.10 Å². The van der Waals surface area contributed by atoms with Crippen LogP contribution in [0.15, 0.2) is 17.1 Å². The Bertz CT molecular complexity index is 760. The monoisotopic (exact) mass is 355 g/mol. The summed E-state index contributed by atoms with van der Waals surface area (Å²) in [5.74, 6) is 1.45. The molecule has 0 aromatic rings. The third-order valence-electron chi connectivity index (χ3n) is 9.82. The minimum absolute atomic E-state index is 0.127. The third kappa shape index (κ3) is 1.38.